The summed E-state index contributed by atoms with van der Waals surface area (Å²) in [6.45, 7) is 1.75. The highest BCUT2D eigenvalue weighted by Gasteiger charge is 2.15. The van der Waals surface area contributed by atoms with Crippen molar-refractivity contribution in [2.75, 3.05) is 18.2 Å². The minimum absolute atomic E-state index is 0.129. The molecule has 0 unspecified atom stereocenters. The van der Waals surface area contributed by atoms with Crippen LogP contribution in [0, 0.1) is 6.92 Å². The van der Waals surface area contributed by atoms with Gasteiger partial charge in [-0.1, -0.05) is 28.2 Å². The van der Waals surface area contributed by atoms with Crippen LogP contribution in [0.25, 0.3) is 16.9 Å². The van der Waals surface area contributed by atoms with Gasteiger partial charge in [0.1, 0.15) is 22.9 Å². The van der Waals surface area contributed by atoms with E-state index in [0.29, 0.717) is 33.5 Å². The number of ether oxygens (including phenoxy) is 1. The number of hydrogen-bond acceptors (Lipinski definition) is 9. The van der Waals surface area contributed by atoms with Gasteiger partial charge < -0.3 is 14.6 Å². The van der Waals surface area contributed by atoms with E-state index in [1.54, 1.807) is 24.8 Å². The minimum Gasteiger partial charge on any atom is -0.497 e. The van der Waals surface area contributed by atoms with E-state index >= 15 is 0 Å². The maximum atomic E-state index is 12.1. The molecule has 0 aliphatic rings. The van der Waals surface area contributed by atoms with E-state index in [0.717, 1.165) is 5.69 Å². The van der Waals surface area contributed by atoms with E-state index in [1.165, 1.54) is 18.1 Å². The summed E-state index contributed by atoms with van der Waals surface area (Å²) in [6, 6.07) is 9.04. The predicted octanol–water partition coefficient (Wildman–Crippen LogP) is 2.25. The molecular formula is C17H15N7O3S. The van der Waals surface area contributed by atoms with Crippen LogP contribution in [-0.2, 0) is 4.79 Å². The third-order valence-electron chi connectivity index (χ3n) is 3.74. The molecule has 3 heterocycles. The van der Waals surface area contributed by atoms with Gasteiger partial charge in [-0.15, -0.1) is 5.10 Å². The standard InChI is InChI=1S/C17H15N7O3S/c1-10-6-13(22-27-10)20-14(25)8-28-17-15-16(18-9-19-17)24(23-21-15)11-4-3-5-12(7-11)26-2/h3-7,9H,8H2,1-2H3,(H,20,22,25). The fraction of sp³-hybridized carbons (Fsp3) is 0.176. The number of anilines is 1. The van der Waals surface area contributed by atoms with E-state index in [2.05, 4.69) is 30.8 Å². The number of aryl methyl sites for hydroxylation is 1. The molecule has 0 aliphatic carbocycles. The number of nitrogens with zero attached hydrogens (tertiary/aromatic N) is 6. The number of rotatable bonds is 6. The second-order valence-corrected chi connectivity index (χ2v) is 6.68. The van der Waals surface area contributed by atoms with Crippen molar-refractivity contribution in [1.82, 2.24) is 30.1 Å². The predicted molar refractivity (Wildman–Crippen MR) is 102 cm³/mol. The number of benzene rings is 1. The monoisotopic (exact) mass is 397 g/mol. The lowest BCUT2D eigenvalue weighted by Crippen LogP contribution is -2.14. The van der Waals surface area contributed by atoms with Gasteiger partial charge in [-0.2, -0.15) is 4.68 Å². The number of carbonyl (C=O) groups excluding carboxylic acids is 1. The van der Waals surface area contributed by atoms with Gasteiger partial charge in [-0.05, 0) is 19.1 Å². The largest absolute Gasteiger partial charge is 0.497 e. The molecule has 0 atom stereocenters. The van der Waals surface area contributed by atoms with Gasteiger partial charge in [0.25, 0.3) is 0 Å². The molecule has 4 aromatic rings. The van der Waals surface area contributed by atoms with Crippen molar-refractivity contribution in [2.45, 2.75) is 11.9 Å². The normalized spacial score (nSPS) is 10.9. The van der Waals surface area contributed by atoms with Gasteiger partial charge >= 0.3 is 0 Å². The molecule has 28 heavy (non-hydrogen) atoms. The molecule has 10 nitrogen and oxygen atoms in total. The summed E-state index contributed by atoms with van der Waals surface area (Å²) in [4.78, 5) is 20.6. The Kier molecular flexibility index (Phi) is 4.89. The smallest absolute Gasteiger partial charge is 0.236 e. The van der Waals surface area contributed by atoms with Crippen LogP contribution in [0.1, 0.15) is 5.76 Å². The van der Waals surface area contributed by atoms with E-state index < -0.39 is 0 Å². The molecule has 4 rings (SSSR count). The maximum Gasteiger partial charge on any atom is 0.236 e. The lowest BCUT2D eigenvalue weighted by Gasteiger charge is -2.05. The lowest BCUT2D eigenvalue weighted by molar-refractivity contribution is -0.113. The number of thioether (sulfide) groups is 1. The Morgan fingerprint density at radius 1 is 1.32 bits per heavy atom. The summed E-state index contributed by atoms with van der Waals surface area (Å²) in [7, 11) is 1.60. The number of carbonyl (C=O) groups is 1. The summed E-state index contributed by atoms with van der Waals surface area (Å²) < 4.78 is 11.8. The Labute approximate surface area is 163 Å². The molecular weight excluding hydrogens is 382 g/mol. The van der Waals surface area contributed by atoms with E-state index in [9.17, 15) is 4.79 Å². The summed E-state index contributed by atoms with van der Waals surface area (Å²) in [5, 5.41) is 15.3. The number of aromatic nitrogens is 6. The third-order valence-corrected chi connectivity index (χ3v) is 4.72. The molecule has 0 saturated carbocycles. The van der Waals surface area contributed by atoms with Crippen LogP contribution >= 0.6 is 11.8 Å². The SMILES string of the molecule is COc1cccc(-n2nnc3c(SCC(=O)Nc4cc(C)on4)ncnc32)c1. The second-order valence-electron chi connectivity index (χ2n) is 5.71. The second kappa shape index (κ2) is 7.64. The molecule has 1 N–H and O–H groups in total. The highest BCUT2D eigenvalue weighted by molar-refractivity contribution is 8.00. The fourth-order valence-electron chi connectivity index (χ4n) is 2.49. The Balaban J connectivity index is 1.54. The van der Waals surface area contributed by atoms with Gasteiger partial charge in [0, 0.05) is 12.1 Å². The van der Waals surface area contributed by atoms with Crippen molar-refractivity contribution >= 4 is 34.7 Å². The van der Waals surface area contributed by atoms with Crippen molar-refractivity contribution in [3.8, 4) is 11.4 Å². The zero-order valence-electron chi connectivity index (χ0n) is 15.0. The first-order valence-corrected chi connectivity index (χ1v) is 9.19. The van der Waals surface area contributed by atoms with Crippen LogP contribution in [0.3, 0.4) is 0 Å². The van der Waals surface area contributed by atoms with Crippen LogP contribution in [0.4, 0.5) is 5.82 Å². The van der Waals surface area contributed by atoms with Crippen molar-refractivity contribution in [3.05, 3.63) is 42.4 Å². The molecule has 0 spiro atoms. The lowest BCUT2D eigenvalue weighted by atomic mass is 10.3. The molecule has 0 aliphatic heterocycles. The number of hydrogen-bond donors (Lipinski definition) is 1. The first kappa shape index (κ1) is 17.9. The molecule has 142 valence electrons. The molecule has 11 heteroatoms. The first-order valence-electron chi connectivity index (χ1n) is 8.21. The molecule has 1 aromatic carbocycles. The van der Waals surface area contributed by atoms with E-state index in [1.807, 2.05) is 24.3 Å². The van der Waals surface area contributed by atoms with E-state index in [4.69, 9.17) is 9.26 Å². The van der Waals surface area contributed by atoms with Gasteiger partial charge in [0.2, 0.25) is 5.91 Å². The van der Waals surface area contributed by atoms with Gasteiger partial charge in [0.15, 0.2) is 17.0 Å². The van der Waals surface area contributed by atoms with Crippen LogP contribution in [-0.4, -0.2) is 48.9 Å². The van der Waals surface area contributed by atoms with Crippen molar-refractivity contribution in [2.24, 2.45) is 0 Å². The van der Waals surface area contributed by atoms with Crippen molar-refractivity contribution in [3.63, 3.8) is 0 Å². The van der Waals surface area contributed by atoms with Crippen LogP contribution < -0.4 is 10.1 Å². The van der Waals surface area contributed by atoms with Gasteiger partial charge in [-0.3, -0.25) is 4.79 Å². The molecule has 0 bridgehead atoms. The fourth-order valence-corrected chi connectivity index (χ4v) is 3.22. The van der Waals surface area contributed by atoms with Crippen molar-refractivity contribution < 1.29 is 14.1 Å². The van der Waals surface area contributed by atoms with Gasteiger partial charge in [0.05, 0.1) is 18.6 Å². The summed E-state index contributed by atoms with van der Waals surface area (Å²) in [6.07, 6.45) is 1.42. The Hall–Kier alpha value is -3.47. The summed E-state index contributed by atoms with van der Waals surface area (Å²) in [5.74, 6) is 1.59. The number of fused-ring (bicyclic) bond motifs is 1. The summed E-state index contributed by atoms with van der Waals surface area (Å²) >= 11 is 1.24. The topological polar surface area (TPSA) is 121 Å². The zero-order valence-corrected chi connectivity index (χ0v) is 15.8. The third kappa shape index (κ3) is 3.64. The highest BCUT2D eigenvalue weighted by atomic mass is 32.2. The van der Waals surface area contributed by atoms with Crippen LogP contribution in [0.2, 0.25) is 0 Å². The quantitative estimate of drug-likeness (QED) is 0.385. The average Bonchev–Trinajstić information content (AvgIpc) is 3.32. The minimum atomic E-state index is -0.231. The molecule has 0 radical (unpaired) electrons. The number of amides is 1. The van der Waals surface area contributed by atoms with Crippen molar-refractivity contribution in [1.29, 1.82) is 0 Å². The Bertz CT molecular complexity index is 1140. The van der Waals surface area contributed by atoms with Gasteiger partial charge in [-0.25, -0.2) is 9.97 Å². The molecule has 3 aromatic heterocycles. The van der Waals surface area contributed by atoms with Crippen LogP contribution in [0.15, 0.2) is 46.2 Å². The summed E-state index contributed by atoms with van der Waals surface area (Å²) in [5.41, 5.74) is 1.81. The molecule has 1 amide bonds. The first-order chi connectivity index (χ1) is 13.6. The molecule has 0 saturated heterocycles. The highest BCUT2D eigenvalue weighted by Crippen LogP contribution is 2.25. The number of methoxy groups -OCH3 is 1. The maximum absolute atomic E-state index is 12.1. The van der Waals surface area contributed by atoms with Crippen LogP contribution in [0.5, 0.6) is 5.75 Å². The Morgan fingerprint density at radius 3 is 3.00 bits per heavy atom. The Morgan fingerprint density at radius 2 is 2.21 bits per heavy atom. The number of nitrogens with one attached hydrogen (secondary N) is 1. The average molecular weight is 397 g/mol. The zero-order chi connectivity index (χ0) is 19.5. The van der Waals surface area contributed by atoms with E-state index in [-0.39, 0.29) is 11.7 Å². The molecule has 0 fully saturated rings.